The van der Waals surface area contributed by atoms with Gasteiger partial charge in [0.1, 0.15) is 6.10 Å². The van der Waals surface area contributed by atoms with Crippen LogP contribution in [0.15, 0.2) is 0 Å². The molecule has 16 heavy (non-hydrogen) atoms. The van der Waals surface area contributed by atoms with Gasteiger partial charge in [0.05, 0.1) is 37.3 Å². The molecule has 0 N–H and O–H groups in total. The van der Waals surface area contributed by atoms with Crippen LogP contribution < -0.4 is 0 Å². The molecule has 0 spiro atoms. The fourth-order valence-electron chi connectivity index (χ4n) is 3.15. The Hall–Kier alpha value is -0.650. The minimum Gasteiger partial charge on any atom is -0.435 e. The van der Waals surface area contributed by atoms with Gasteiger partial charge in [-0.2, -0.15) is 0 Å². The van der Waals surface area contributed by atoms with E-state index in [-0.39, 0.29) is 36.1 Å². The monoisotopic (exact) mass is 226 g/mol. The molecule has 4 aliphatic rings. The van der Waals surface area contributed by atoms with Gasteiger partial charge >= 0.3 is 5.97 Å². The standard InChI is InChI=1S/C11H14O5/c12-10-8-6-1-2-7(15-6)9(8)11(16-10)14-4-5-3-13-5/h5-9,11H,1-4H2/t5-,6-,7+,8-,9+,11-/m1/s1. The van der Waals surface area contributed by atoms with Gasteiger partial charge in [-0.25, -0.2) is 0 Å². The van der Waals surface area contributed by atoms with Crippen LogP contribution in [0, 0.1) is 11.8 Å². The Morgan fingerprint density at radius 1 is 1.31 bits per heavy atom. The van der Waals surface area contributed by atoms with Crippen molar-refractivity contribution >= 4 is 5.97 Å². The maximum absolute atomic E-state index is 11.7. The van der Waals surface area contributed by atoms with E-state index in [1.54, 1.807) is 0 Å². The molecule has 2 bridgehead atoms. The Labute approximate surface area is 93.0 Å². The van der Waals surface area contributed by atoms with Crippen LogP contribution in [-0.4, -0.2) is 43.8 Å². The number of carbonyl (C=O) groups is 1. The predicted octanol–water partition coefficient (Wildman–Crippen LogP) is 0.0783. The Kier molecular flexibility index (Phi) is 1.87. The van der Waals surface area contributed by atoms with Crippen LogP contribution in [-0.2, 0) is 23.7 Å². The molecule has 88 valence electrons. The van der Waals surface area contributed by atoms with Gasteiger partial charge in [0.15, 0.2) is 0 Å². The van der Waals surface area contributed by atoms with Crippen LogP contribution in [0.4, 0.5) is 0 Å². The average molecular weight is 226 g/mol. The summed E-state index contributed by atoms with van der Waals surface area (Å²) < 4.78 is 21.7. The lowest BCUT2D eigenvalue weighted by atomic mass is 9.81. The smallest absolute Gasteiger partial charge is 0.314 e. The van der Waals surface area contributed by atoms with Crippen molar-refractivity contribution in [3.63, 3.8) is 0 Å². The summed E-state index contributed by atoms with van der Waals surface area (Å²) in [5, 5.41) is 0. The van der Waals surface area contributed by atoms with Crippen molar-refractivity contribution in [1.82, 2.24) is 0 Å². The van der Waals surface area contributed by atoms with E-state index in [1.165, 1.54) is 0 Å². The summed E-state index contributed by atoms with van der Waals surface area (Å²) in [4.78, 5) is 11.7. The van der Waals surface area contributed by atoms with Gasteiger partial charge in [-0.1, -0.05) is 0 Å². The molecular weight excluding hydrogens is 212 g/mol. The summed E-state index contributed by atoms with van der Waals surface area (Å²) >= 11 is 0. The highest BCUT2D eigenvalue weighted by Crippen LogP contribution is 2.50. The first-order valence-corrected chi connectivity index (χ1v) is 5.92. The largest absolute Gasteiger partial charge is 0.435 e. The molecule has 4 fully saturated rings. The van der Waals surface area contributed by atoms with Crippen molar-refractivity contribution in [1.29, 1.82) is 0 Å². The number of cyclic esters (lactones) is 1. The van der Waals surface area contributed by atoms with E-state index in [2.05, 4.69) is 0 Å². The maximum atomic E-state index is 11.7. The second-order valence-electron chi connectivity index (χ2n) is 4.99. The summed E-state index contributed by atoms with van der Waals surface area (Å²) in [5.74, 6) is -0.104. The molecule has 0 aromatic rings. The quantitative estimate of drug-likeness (QED) is 0.504. The number of hydrogen-bond acceptors (Lipinski definition) is 5. The van der Waals surface area contributed by atoms with Gasteiger partial charge < -0.3 is 18.9 Å². The molecule has 4 heterocycles. The number of carbonyl (C=O) groups excluding carboxylic acids is 1. The number of rotatable bonds is 3. The van der Waals surface area contributed by atoms with Crippen molar-refractivity contribution in [2.45, 2.75) is 37.4 Å². The van der Waals surface area contributed by atoms with Gasteiger partial charge in [-0.15, -0.1) is 0 Å². The SMILES string of the molecule is O=C1O[C@@H](OC[C@H]2CO2)[C@@H]2[C@H]1[C@H]1CC[C@@H]2O1. The Morgan fingerprint density at radius 3 is 2.94 bits per heavy atom. The van der Waals surface area contributed by atoms with Crippen LogP contribution in [0.5, 0.6) is 0 Å². The molecule has 0 radical (unpaired) electrons. The van der Waals surface area contributed by atoms with Crippen molar-refractivity contribution in [3.8, 4) is 0 Å². The Balaban J connectivity index is 1.49. The molecule has 0 saturated carbocycles. The third-order valence-corrected chi connectivity index (χ3v) is 4.00. The third-order valence-electron chi connectivity index (χ3n) is 4.00. The van der Waals surface area contributed by atoms with Gasteiger partial charge in [-0.05, 0) is 12.8 Å². The van der Waals surface area contributed by atoms with Crippen molar-refractivity contribution < 1.29 is 23.7 Å². The molecule has 4 aliphatic heterocycles. The fourth-order valence-corrected chi connectivity index (χ4v) is 3.15. The third kappa shape index (κ3) is 1.25. The molecule has 0 unspecified atom stereocenters. The lowest BCUT2D eigenvalue weighted by Gasteiger charge is -2.21. The molecule has 0 amide bonds. The molecular formula is C11H14O5. The molecule has 4 rings (SSSR count). The highest BCUT2D eigenvalue weighted by Gasteiger charge is 2.61. The zero-order valence-corrected chi connectivity index (χ0v) is 8.83. The zero-order valence-electron chi connectivity index (χ0n) is 8.83. The Bertz CT molecular complexity index is 326. The number of esters is 1. The van der Waals surface area contributed by atoms with E-state index in [1.807, 2.05) is 0 Å². The highest BCUT2D eigenvalue weighted by molar-refractivity contribution is 5.76. The van der Waals surface area contributed by atoms with E-state index in [0.29, 0.717) is 6.61 Å². The molecule has 0 aromatic carbocycles. The van der Waals surface area contributed by atoms with Crippen molar-refractivity contribution in [2.75, 3.05) is 13.2 Å². The molecule has 6 atom stereocenters. The van der Waals surface area contributed by atoms with Crippen LogP contribution in [0.1, 0.15) is 12.8 Å². The normalized spacial score (nSPS) is 52.9. The fraction of sp³-hybridized carbons (Fsp3) is 0.909. The maximum Gasteiger partial charge on any atom is 0.314 e. The molecule has 5 heteroatoms. The van der Waals surface area contributed by atoms with E-state index in [0.717, 1.165) is 19.4 Å². The van der Waals surface area contributed by atoms with E-state index >= 15 is 0 Å². The number of fused-ring (bicyclic) bond motifs is 5. The first kappa shape index (κ1) is 9.39. The molecule has 4 saturated heterocycles. The van der Waals surface area contributed by atoms with Gasteiger partial charge in [0.25, 0.3) is 0 Å². The molecule has 0 aliphatic carbocycles. The number of epoxide rings is 1. The number of ether oxygens (including phenoxy) is 4. The van der Waals surface area contributed by atoms with E-state index in [9.17, 15) is 4.79 Å². The first-order chi connectivity index (χ1) is 7.83. The van der Waals surface area contributed by atoms with Crippen LogP contribution in [0.25, 0.3) is 0 Å². The molecule has 0 aromatic heterocycles. The van der Waals surface area contributed by atoms with Crippen LogP contribution in [0.2, 0.25) is 0 Å². The topological polar surface area (TPSA) is 57.3 Å². The summed E-state index contributed by atoms with van der Waals surface area (Å²) in [6.07, 6.45) is 2.05. The lowest BCUT2D eigenvalue weighted by Crippen LogP contribution is -2.33. The molecule has 5 nitrogen and oxygen atoms in total. The Morgan fingerprint density at radius 2 is 2.12 bits per heavy atom. The zero-order chi connectivity index (χ0) is 10.7. The number of hydrogen-bond donors (Lipinski definition) is 0. The van der Waals surface area contributed by atoms with E-state index < -0.39 is 6.29 Å². The minimum atomic E-state index is -0.406. The average Bonchev–Trinajstić information content (AvgIpc) is 2.73. The van der Waals surface area contributed by atoms with Crippen LogP contribution in [0.3, 0.4) is 0 Å². The predicted molar refractivity (Wildman–Crippen MR) is 50.4 cm³/mol. The van der Waals surface area contributed by atoms with Gasteiger partial charge in [0.2, 0.25) is 6.29 Å². The summed E-state index contributed by atoms with van der Waals surface area (Å²) in [7, 11) is 0. The second kappa shape index (κ2) is 3.18. The summed E-state index contributed by atoms with van der Waals surface area (Å²) in [5.41, 5.74) is 0. The summed E-state index contributed by atoms with van der Waals surface area (Å²) in [6, 6.07) is 0. The minimum absolute atomic E-state index is 0.0771. The van der Waals surface area contributed by atoms with Gasteiger partial charge in [0, 0.05) is 0 Å². The first-order valence-electron chi connectivity index (χ1n) is 5.92. The van der Waals surface area contributed by atoms with Crippen molar-refractivity contribution in [2.24, 2.45) is 11.8 Å². The summed E-state index contributed by atoms with van der Waals surface area (Å²) in [6.45, 7) is 1.29. The van der Waals surface area contributed by atoms with E-state index in [4.69, 9.17) is 18.9 Å². The lowest BCUT2D eigenvalue weighted by molar-refractivity contribution is -0.175. The van der Waals surface area contributed by atoms with Gasteiger partial charge in [-0.3, -0.25) is 4.79 Å². The highest BCUT2D eigenvalue weighted by atomic mass is 16.7. The second-order valence-corrected chi connectivity index (χ2v) is 4.99. The van der Waals surface area contributed by atoms with Crippen LogP contribution >= 0.6 is 0 Å². The van der Waals surface area contributed by atoms with Crippen molar-refractivity contribution in [3.05, 3.63) is 0 Å².